The van der Waals surface area contributed by atoms with Gasteiger partial charge in [0.1, 0.15) is 23.5 Å². The second kappa shape index (κ2) is 7.74. The van der Waals surface area contributed by atoms with Crippen molar-refractivity contribution in [3.05, 3.63) is 95.6 Å². The molecule has 0 unspecified atom stereocenters. The van der Waals surface area contributed by atoms with E-state index in [0.717, 1.165) is 0 Å². The summed E-state index contributed by atoms with van der Waals surface area (Å²) < 4.78 is 28.6. The Kier molecular flexibility index (Phi) is 5.22. The van der Waals surface area contributed by atoms with E-state index >= 15 is 0 Å². The molecule has 6 heteroatoms. The van der Waals surface area contributed by atoms with Crippen LogP contribution >= 0.6 is 0 Å². The average Bonchev–Trinajstić information content (AvgIpc) is 3.04. The highest BCUT2D eigenvalue weighted by Crippen LogP contribution is 2.21. The molecule has 0 saturated carbocycles. The van der Waals surface area contributed by atoms with Crippen LogP contribution in [-0.4, -0.2) is 15.5 Å². The zero-order valence-electron chi connectivity index (χ0n) is 14.1. The maximum atomic E-state index is 13.6. The van der Waals surface area contributed by atoms with Crippen molar-refractivity contribution >= 4 is 12.0 Å². The van der Waals surface area contributed by atoms with Gasteiger partial charge in [0.15, 0.2) is 0 Å². The van der Waals surface area contributed by atoms with E-state index < -0.39 is 17.8 Å². The van der Waals surface area contributed by atoms with E-state index in [1.807, 2.05) is 0 Å². The van der Waals surface area contributed by atoms with E-state index in [1.54, 1.807) is 48.3 Å². The Morgan fingerprint density at radius 1 is 1.15 bits per heavy atom. The molecule has 4 nitrogen and oxygen atoms in total. The molecule has 0 spiro atoms. The van der Waals surface area contributed by atoms with Gasteiger partial charge in [-0.25, -0.2) is 13.8 Å². The van der Waals surface area contributed by atoms with Crippen molar-refractivity contribution in [2.24, 2.45) is 7.05 Å². The van der Waals surface area contributed by atoms with E-state index in [1.165, 1.54) is 36.4 Å². The standard InChI is InChI=1S/C20H17F2N3O/c1-25-11-10-23-20(25)19(15-5-3-7-17(22)13-15)24-18(26)9-8-14-4-2-6-16(21)12-14/h2-13,19H,1H3,(H,24,26)/b9-8+/t19-/m1/s1. The van der Waals surface area contributed by atoms with Gasteiger partial charge in [0.25, 0.3) is 0 Å². The second-order valence-corrected chi connectivity index (χ2v) is 5.78. The number of carbonyl (C=O) groups is 1. The molecule has 1 amide bonds. The van der Waals surface area contributed by atoms with Crippen LogP contribution in [0.15, 0.2) is 67.0 Å². The number of halogens is 2. The fourth-order valence-electron chi connectivity index (χ4n) is 2.61. The topological polar surface area (TPSA) is 46.9 Å². The minimum absolute atomic E-state index is 0.377. The highest BCUT2D eigenvalue weighted by Gasteiger charge is 2.20. The van der Waals surface area contributed by atoms with E-state index in [0.29, 0.717) is 17.0 Å². The lowest BCUT2D eigenvalue weighted by atomic mass is 10.1. The van der Waals surface area contributed by atoms with Crippen molar-refractivity contribution in [2.75, 3.05) is 0 Å². The number of benzene rings is 2. The first-order valence-electron chi connectivity index (χ1n) is 8.00. The second-order valence-electron chi connectivity index (χ2n) is 5.78. The smallest absolute Gasteiger partial charge is 0.244 e. The number of imidazole rings is 1. The summed E-state index contributed by atoms with van der Waals surface area (Å²) in [5.41, 5.74) is 1.14. The maximum Gasteiger partial charge on any atom is 0.244 e. The van der Waals surface area contributed by atoms with Crippen LogP contribution in [0.1, 0.15) is 23.0 Å². The quantitative estimate of drug-likeness (QED) is 0.712. The van der Waals surface area contributed by atoms with Gasteiger partial charge in [0.05, 0.1) is 0 Å². The molecule has 26 heavy (non-hydrogen) atoms. The first kappa shape index (κ1) is 17.5. The average molecular weight is 353 g/mol. The molecule has 1 heterocycles. The van der Waals surface area contributed by atoms with Gasteiger partial charge in [0.2, 0.25) is 5.91 Å². The molecule has 0 aliphatic carbocycles. The minimum Gasteiger partial charge on any atom is -0.339 e. The Labute approximate surface area is 149 Å². The number of nitrogens with zero attached hydrogens (tertiary/aromatic N) is 2. The van der Waals surface area contributed by atoms with E-state index in [2.05, 4.69) is 10.3 Å². The van der Waals surface area contributed by atoms with Crippen LogP contribution in [0.2, 0.25) is 0 Å². The van der Waals surface area contributed by atoms with Crippen LogP contribution in [-0.2, 0) is 11.8 Å². The molecular weight excluding hydrogens is 336 g/mol. The van der Waals surface area contributed by atoms with Gasteiger partial charge in [-0.2, -0.15) is 0 Å². The van der Waals surface area contributed by atoms with Crippen LogP contribution < -0.4 is 5.32 Å². The zero-order valence-corrected chi connectivity index (χ0v) is 14.1. The minimum atomic E-state index is -0.615. The predicted molar refractivity (Wildman–Crippen MR) is 95.0 cm³/mol. The van der Waals surface area contributed by atoms with Gasteiger partial charge in [-0.15, -0.1) is 0 Å². The van der Waals surface area contributed by atoms with Crippen molar-refractivity contribution in [1.82, 2.24) is 14.9 Å². The van der Waals surface area contributed by atoms with Crippen molar-refractivity contribution in [3.63, 3.8) is 0 Å². The van der Waals surface area contributed by atoms with Crippen LogP contribution in [0.25, 0.3) is 6.08 Å². The zero-order chi connectivity index (χ0) is 18.5. The SMILES string of the molecule is Cn1ccnc1[C@H](NC(=O)/C=C/c1cccc(F)c1)c1cccc(F)c1. The third-order valence-corrected chi connectivity index (χ3v) is 3.86. The molecule has 0 saturated heterocycles. The van der Waals surface area contributed by atoms with Gasteiger partial charge in [-0.05, 0) is 41.5 Å². The van der Waals surface area contributed by atoms with Crippen LogP contribution in [0.3, 0.4) is 0 Å². The van der Waals surface area contributed by atoms with Gasteiger partial charge < -0.3 is 9.88 Å². The first-order chi connectivity index (χ1) is 12.5. The monoisotopic (exact) mass is 353 g/mol. The Hall–Kier alpha value is -3.28. The molecule has 132 valence electrons. The summed E-state index contributed by atoms with van der Waals surface area (Å²) in [7, 11) is 1.80. The largest absolute Gasteiger partial charge is 0.339 e. The molecular formula is C20H17F2N3O. The fourth-order valence-corrected chi connectivity index (χ4v) is 2.61. The van der Waals surface area contributed by atoms with E-state index in [4.69, 9.17) is 0 Å². The molecule has 0 bridgehead atoms. The van der Waals surface area contributed by atoms with E-state index in [-0.39, 0.29) is 5.82 Å². The molecule has 0 radical (unpaired) electrons. The van der Waals surface area contributed by atoms with Gasteiger partial charge in [0, 0.05) is 25.5 Å². The predicted octanol–water partition coefficient (Wildman–Crippen LogP) is 3.62. The molecule has 0 aliphatic heterocycles. The molecule has 1 aromatic heterocycles. The molecule has 3 rings (SSSR count). The lowest BCUT2D eigenvalue weighted by Crippen LogP contribution is -2.29. The number of carbonyl (C=O) groups excluding carboxylic acids is 1. The lowest BCUT2D eigenvalue weighted by molar-refractivity contribution is -0.117. The van der Waals surface area contributed by atoms with Gasteiger partial charge in [-0.1, -0.05) is 24.3 Å². The number of nitrogens with one attached hydrogen (secondary N) is 1. The van der Waals surface area contributed by atoms with Crippen molar-refractivity contribution < 1.29 is 13.6 Å². The van der Waals surface area contributed by atoms with Crippen LogP contribution in [0, 0.1) is 11.6 Å². The number of hydrogen-bond acceptors (Lipinski definition) is 2. The molecule has 1 N–H and O–H groups in total. The van der Waals surface area contributed by atoms with Gasteiger partial charge >= 0.3 is 0 Å². The number of amides is 1. The summed E-state index contributed by atoms with van der Waals surface area (Å²) in [5.74, 6) is -0.598. The summed E-state index contributed by atoms with van der Waals surface area (Å²) in [6.07, 6.45) is 6.18. The molecule has 2 aromatic carbocycles. The molecule has 0 aliphatic rings. The number of aryl methyl sites for hydroxylation is 1. The highest BCUT2D eigenvalue weighted by molar-refractivity contribution is 5.92. The van der Waals surface area contributed by atoms with Crippen LogP contribution in [0.4, 0.5) is 8.78 Å². The Morgan fingerprint density at radius 3 is 2.54 bits per heavy atom. The Morgan fingerprint density at radius 2 is 1.88 bits per heavy atom. The maximum absolute atomic E-state index is 13.6. The molecule has 0 fully saturated rings. The number of aromatic nitrogens is 2. The summed E-state index contributed by atoms with van der Waals surface area (Å²) in [5, 5.41) is 2.82. The third-order valence-electron chi connectivity index (χ3n) is 3.86. The summed E-state index contributed by atoms with van der Waals surface area (Å²) in [4.78, 5) is 16.6. The Bertz CT molecular complexity index is 949. The molecule has 1 atom stereocenters. The Balaban J connectivity index is 1.84. The number of hydrogen-bond donors (Lipinski definition) is 1. The summed E-state index contributed by atoms with van der Waals surface area (Å²) in [6.45, 7) is 0. The van der Waals surface area contributed by atoms with E-state index in [9.17, 15) is 13.6 Å². The van der Waals surface area contributed by atoms with Crippen LogP contribution in [0.5, 0.6) is 0 Å². The van der Waals surface area contributed by atoms with Crippen molar-refractivity contribution in [2.45, 2.75) is 6.04 Å². The summed E-state index contributed by atoms with van der Waals surface area (Å²) >= 11 is 0. The molecule has 3 aromatic rings. The van der Waals surface area contributed by atoms with Crippen molar-refractivity contribution in [1.29, 1.82) is 0 Å². The number of rotatable bonds is 5. The third kappa shape index (κ3) is 4.22. The summed E-state index contributed by atoms with van der Waals surface area (Å²) in [6, 6.07) is 11.3. The lowest BCUT2D eigenvalue weighted by Gasteiger charge is -2.18. The highest BCUT2D eigenvalue weighted by atomic mass is 19.1. The fraction of sp³-hybridized carbons (Fsp3) is 0.100. The normalized spacial score (nSPS) is 12.3. The van der Waals surface area contributed by atoms with Gasteiger partial charge in [-0.3, -0.25) is 4.79 Å². The van der Waals surface area contributed by atoms with Crippen molar-refractivity contribution in [3.8, 4) is 0 Å². The first-order valence-corrected chi connectivity index (χ1v) is 8.00.